The lowest BCUT2D eigenvalue weighted by Crippen LogP contribution is -2.38. The molecule has 0 aliphatic heterocycles. The molecule has 0 spiro atoms. The molecule has 0 saturated heterocycles. The van der Waals surface area contributed by atoms with Crippen molar-refractivity contribution in [2.75, 3.05) is 23.3 Å². The summed E-state index contributed by atoms with van der Waals surface area (Å²) < 4.78 is 56.5. The van der Waals surface area contributed by atoms with Gasteiger partial charge >= 0.3 is 0 Å². The number of carbonyl (C=O) groups is 1. The van der Waals surface area contributed by atoms with Crippen LogP contribution in [0.5, 0.6) is 5.75 Å². The van der Waals surface area contributed by atoms with Crippen LogP contribution in [-0.2, 0) is 24.8 Å². The van der Waals surface area contributed by atoms with Gasteiger partial charge in [0.1, 0.15) is 17.2 Å². The van der Waals surface area contributed by atoms with Gasteiger partial charge in [-0.25, -0.2) is 22.0 Å². The molecule has 9 nitrogen and oxygen atoms in total. The Morgan fingerprint density at radius 1 is 0.912 bits per heavy atom. The molecule has 11 heteroatoms. The van der Waals surface area contributed by atoms with E-state index >= 15 is 0 Å². The van der Waals surface area contributed by atoms with E-state index in [-0.39, 0.29) is 21.2 Å². The van der Waals surface area contributed by atoms with Crippen LogP contribution in [0, 0.1) is 13.8 Å². The topological polar surface area (TPSA) is 136 Å². The molecule has 3 N–H and O–H groups in total. The third-order valence-electron chi connectivity index (χ3n) is 4.96. The van der Waals surface area contributed by atoms with Gasteiger partial charge < -0.3 is 10.1 Å². The number of carbonyl (C=O) groups excluding carboxylic acids is 1. The minimum atomic E-state index is -4.19. The van der Waals surface area contributed by atoms with Crippen molar-refractivity contribution in [3.63, 3.8) is 0 Å². The molecule has 0 aromatic heterocycles. The summed E-state index contributed by atoms with van der Waals surface area (Å²) in [6.45, 7) is 3.09. The number of ether oxygens (including phenoxy) is 1. The van der Waals surface area contributed by atoms with Crippen molar-refractivity contribution < 1.29 is 26.4 Å². The molecule has 0 aliphatic carbocycles. The molecule has 34 heavy (non-hydrogen) atoms. The second-order valence-corrected chi connectivity index (χ2v) is 11.0. The van der Waals surface area contributed by atoms with E-state index in [1.165, 1.54) is 37.4 Å². The largest absolute Gasteiger partial charge is 0.495 e. The number of anilines is 2. The highest BCUT2D eigenvalue weighted by atomic mass is 32.2. The molecule has 3 aromatic rings. The minimum Gasteiger partial charge on any atom is -0.495 e. The molecule has 3 rings (SSSR count). The zero-order valence-electron chi connectivity index (χ0n) is 18.8. The number of nitrogens with two attached hydrogens (primary N) is 1. The van der Waals surface area contributed by atoms with Gasteiger partial charge in [0.05, 0.1) is 17.7 Å². The number of aryl methyl sites for hydroxylation is 2. The number of methoxy groups -OCH3 is 1. The highest BCUT2D eigenvalue weighted by molar-refractivity contribution is 7.93. The lowest BCUT2D eigenvalue weighted by Gasteiger charge is -2.25. The molecule has 0 heterocycles. The molecule has 0 saturated carbocycles. The molecule has 0 bridgehead atoms. The number of hydrogen-bond acceptors (Lipinski definition) is 6. The van der Waals surface area contributed by atoms with Crippen LogP contribution in [-0.4, -0.2) is 36.4 Å². The fourth-order valence-corrected chi connectivity index (χ4v) is 5.37. The fraction of sp³-hybridized carbons (Fsp3) is 0.174. The Balaban J connectivity index is 1.96. The van der Waals surface area contributed by atoms with Crippen LogP contribution >= 0.6 is 0 Å². The summed E-state index contributed by atoms with van der Waals surface area (Å²) in [5, 5.41) is 7.67. The quantitative estimate of drug-likeness (QED) is 0.485. The smallest absolute Gasteiger partial charge is 0.268 e. The monoisotopic (exact) mass is 503 g/mol. The number of nitrogens with zero attached hydrogens (tertiary/aromatic N) is 1. The van der Waals surface area contributed by atoms with Crippen LogP contribution in [0.15, 0.2) is 76.5 Å². The van der Waals surface area contributed by atoms with Gasteiger partial charge in [-0.1, -0.05) is 23.8 Å². The molecule has 180 valence electrons. The number of rotatable bonds is 8. The van der Waals surface area contributed by atoms with E-state index in [0.29, 0.717) is 11.3 Å². The lowest BCUT2D eigenvalue weighted by atomic mass is 10.2. The van der Waals surface area contributed by atoms with Crippen LogP contribution in [0.3, 0.4) is 0 Å². The van der Waals surface area contributed by atoms with E-state index in [4.69, 9.17) is 9.88 Å². The first-order valence-corrected chi connectivity index (χ1v) is 13.1. The Labute approximate surface area is 199 Å². The van der Waals surface area contributed by atoms with E-state index in [2.05, 4.69) is 5.32 Å². The average molecular weight is 504 g/mol. The van der Waals surface area contributed by atoms with Crippen molar-refractivity contribution in [3.05, 3.63) is 77.9 Å². The van der Waals surface area contributed by atoms with Crippen molar-refractivity contribution in [1.29, 1.82) is 0 Å². The second-order valence-electron chi connectivity index (χ2n) is 7.62. The second kappa shape index (κ2) is 9.84. The first kappa shape index (κ1) is 25.2. The highest BCUT2D eigenvalue weighted by Gasteiger charge is 2.30. The number of primary sulfonamides is 1. The van der Waals surface area contributed by atoms with Crippen molar-refractivity contribution >= 4 is 37.3 Å². The maximum absolute atomic E-state index is 13.7. The van der Waals surface area contributed by atoms with Crippen LogP contribution < -0.4 is 19.5 Å². The molecule has 0 aliphatic rings. The molecule has 1 amide bonds. The maximum Gasteiger partial charge on any atom is 0.268 e. The van der Waals surface area contributed by atoms with Gasteiger partial charge in [-0.05, 0) is 67.9 Å². The first-order valence-electron chi connectivity index (χ1n) is 10.1. The normalized spacial score (nSPS) is 11.6. The van der Waals surface area contributed by atoms with E-state index in [9.17, 15) is 21.6 Å². The minimum absolute atomic E-state index is 0.0686. The standard InChI is InChI=1S/C23H25N3O6S2/c1-16-4-9-19(10-5-16)26(34(30,31)22-14-17(2)6-13-21(22)32-3)15-23(27)25-18-7-11-20(12-8-18)33(24,28)29/h4-14H,15H2,1-3H3,(H,25,27)(H2,24,28,29). The average Bonchev–Trinajstić information content (AvgIpc) is 2.78. The zero-order valence-corrected chi connectivity index (χ0v) is 20.5. The molecule has 0 fully saturated rings. The number of nitrogens with one attached hydrogen (secondary N) is 1. The molecule has 3 aromatic carbocycles. The first-order chi connectivity index (χ1) is 15.9. The summed E-state index contributed by atoms with van der Waals surface area (Å²) in [7, 11) is -6.70. The molecule has 0 unspecified atom stereocenters. The van der Waals surface area contributed by atoms with Gasteiger partial charge in [-0.3, -0.25) is 9.10 Å². The van der Waals surface area contributed by atoms with E-state index in [0.717, 1.165) is 9.87 Å². The lowest BCUT2D eigenvalue weighted by molar-refractivity contribution is -0.114. The Kier molecular flexibility index (Phi) is 7.29. The number of sulfonamides is 2. The van der Waals surface area contributed by atoms with Crippen LogP contribution in [0.4, 0.5) is 11.4 Å². The van der Waals surface area contributed by atoms with E-state index < -0.39 is 32.5 Å². The summed E-state index contributed by atoms with van der Waals surface area (Å²) in [6.07, 6.45) is 0. The summed E-state index contributed by atoms with van der Waals surface area (Å²) in [4.78, 5) is 12.7. The van der Waals surface area contributed by atoms with Crippen molar-refractivity contribution in [2.24, 2.45) is 5.14 Å². The molecular weight excluding hydrogens is 478 g/mol. The van der Waals surface area contributed by atoms with Gasteiger partial charge in [0, 0.05) is 5.69 Å². The Hall–Kier alpha value is -3.41. The van der Waals surface area contributed by atoms with Crippen LogP contribution in [0.1, 0.15) is 11.1 Å². The number of amides is 1. The summed E-state index contributed by atoms with van der Waals surface area (Å²) in [6, 6.07) is 16.7. The molecule has 0 atom stereocenters. The molecule has 0 radical (unpaired) electrons. The van der Waals surface area contributed by atoms with E-state index in [1.807, 2.05) is 6.92 Å². The summed E-state index contributed by atoms with van der Waals surface area (Å²) in [5.74, 6) is -0.471. The maximum atomic E-state index is 13.7. The van der Waals surface area contributed by atoms with Gasteiger partial charge in [-0.15, -0.1) is 0 Å². The molecular formula is C23H25N3O6S2. The fourth-order valence-electron chi connectivity index (χ4n) is 3.19. The van der Waals surface area contributed by atoms with Crippen LogP contribution in [0.2, 0.25) is 0 Å². The Bertz CT molecular complexity index is 1400. The summed E-state index contributed by atoms with van der Waals surface area (Å²) >= 11 is 0. The number of benzene rings is 3. The Morgan fingerprint density at radius 2 is 1.50 bits per heavy atom. The third-order valence-corrected chi connectivity index (χ3v) is 7.69. The van der Waals surface area contributed by atoms with Gasteiger partial charge in [0.15, 0.2) is 0 Å². The van der Waals surface area contributed by atoms with Gasteiger partial charge in [0.2, 0.25) is 15.9 Å². The SMILES string of the molecule is COc1ccc(C)cc1S(=O)(=O)N(CC(=O)Nc1ccc(S(N)(=O)=O)cc1)c1ccc(C)cc1. The van der Waals surface area contributed by atoms with Crippen molar-refractivity contribution in [1.82, 2.24) is 0 Å². The predicted octanol–water partition coefficient (Wildman–Crippen LogP) is 2.79. The van der Waals surface area contributed by atoms with E-state index in [1.54, 1.807) is 43.3 Å². The summed E-state index contributed by atoms with van der Waals surface area (Å²) in [5.41, 5.74) is 2.22. The van der Waals surface area contributed by atoms with Crippen LogP contribution in [0.25, 0.3) is 0 Å². The van der Waals surface area contributed by atoms with Gasteiger partial charge in [0.25, 0.3) is 10.0 Å². The van der Waals surface area contributed by atoms with Crippen molar-refractivity contribution in [3.8, 4) is 5.75 Å². The predicted molar refractivity (Wildman–Crippen MR) is 130 cm³/mol. The van der Waals surface area contributed by atoms with Crippen molar-refractivity contribution in [2.45, 2.75) is 23.6 Å². The zero-order chi connectivity index (χ0) is 25.1. The Morgan fingerprint density at radius 3 is 2.06 bits per heavy atom. The third kappa shape index (κ3) is 5.74. The van der Waals surface area contributed by atoms with Gasteiger partial charge in [-0.2, -0.15) is 0 Å². The number of hydrogen-bond donors (Lipinski definition) is 2. The highest BCUT2D eigenvalue weighted by Crippen LogP contribution is 2.31.